The van der Waals surface area contributed by atoms with Gasteiger partial charge in [-0.2, -0.15) is 5.10 Å². The van der Waals surface area contributed by atoms with Crippen molar-refractivity contribution in [3.8, 4) is 0 Å². The Morgan fingerprint density at radius 1 is 1.44 bits per heavy atom. The second-order valence-electron chi connectivity index (χ2n) is 3.91. The van der Waals surface area contributed by atoms with Crippen LogP contribution in [-0.4, -0.2) is 10.2 Å². The number of nitrogens with two attached hydrogens (primary N) is 1. The van der Waals surface area contributed by atoms with Crippen LogP contribution in [0.2, 0.25) is 5.02 Å². The highest BCUT2D eigenvalue weighted by Gasteiger charge is 2.05. The van der Waals surface area contributed by atoms with Crippen LogP contribution in [-0.2, 0) is 6.42 Å². The van der Waals surface area contributed by atoms with Gasteiger partial charge in [-0.15, -0.1) is 0 Å². The molecular formula is C12H14ClN3. The van der Waals surface area contributed by atoms with Crippen LogP contribution in [0.3, 0.4) is 0 Å². The monoisotopic (exact) mass is 235 g/mol. The third-order valence-electron chi connectivity index (χ3n) is 2.40. The first-order valence-corrected chi connectivity index (χ1v) is 5.57. The number of aromatic amines is 1. The van der Waals surface area contributed by atoms with Crippen LogP contribution in [0.15, 0.2) is 30.3 Å². The minimum Gasteiger partial charge on any atom is -0.323 e. The summed E-state index contributed by atoms with van der Waals surface area (Å²) in [6, 6.07) is 9.76. The normalized spacial score (nSPS) is 12.7. The lowest BCUT2D eigenvalue weighted by molar-refractivity contribution is 0.771. The van der Waals surface area contributed by atoms with Crippen molar-refractivity contribution in [2.24, 2.45) is 5.73 Å². The van der Waals surface area contributed by atoms with Gasteiger partial charge in [0.15, 0.2) is 0 Å². The van der Waals surface area contributed by atoms with Gasteiger partial charge in [0, 0.05) is 23.2 Å². The van der Waals surface area contributed by atoms with Crippen LogP contribution >= 0.6 is 11.6 Å². The molecule has 0 fully saturated rings. The van der Waals surface area contributed by atoms with E-state index in [9.17, 15) is 0 Å². The van der Waals surface area contributed by atoms with E-state index in [-0.39, 0.29) is 6.04 Å². The number of H-pyrrole nitrogens is 1. The van der Waals surface area contributed by atoms with E-state index in [1.54, 1.807) is 0 Å². The van der Waals surface area contributed by atoms with Gasteiger partial charge in [-0.05, 0) is 30.7 Å². The summed E-state index contributed by atoms with van der Waals surface area (Å²) >= 11 is 5.92. The molecule has 1 heterocycles. The fraction of sp³-hybridized carbons (Fsp3) is 0.250. The van der Waals surface area contributed by atoms with Gasteiger partial charge >= 0.3 is 0 Å². The molecule has 84 valence electrons. The number of hydrogen-bond acceptors (Lipinski definition) is 2. The third-order valence-corrected chi connectivity index (χ3v) is 2.64. The van der Waals surface area contributed by atoms with Crippen molar-refractivity contribution in [2.45, 2.75) is 19.4 Å². The van der Waals surface area contributed by atoms with Gasteiger partial charge < -0.3 is 5.73 Å². The highest BCUT2D eigenvalue weighted by molar-refractivity contribution is 6.30. The predicted octanol–water partition coefficient (Wildman–Crippen LogP) is 2.67. The Balaban J connectivity index is 2.14. The molecule has 1 unspecified atom stereocenters. The Bertz CT molecular complexity index is 477. The minimum atomic E-state index is -0.0376. The van der Waals surface area contributed by atoms with Gasteiger partial charge in [-0.25, -0.2) is 0 Å². The first-order chi connectivity index (χ1) is 7.65. The van der Waals surface area contributed by atoms with Crippen LogP contribution in [0.25, 0.3) is 0 Å². The molecule has 2 aromatic rings. The first kappa shape index (κ1) is 11.2. The van der Waals surface area contributed by atoms with E-state index in [1.807, 2.05) is 37.3 Å². The van der Waals surface area contributed by atoms with E-state index in [2.05, 4.69) is 10.2 Å². The molecule has 4 heteroatoms. The topological polar surface area (TPSA) is 54.7 Å². The van der Waals surface area contributed by atoms with Crippen LogP contribution < -0.4 is 5.73 Å². The zero-order valence-corrected chi connectivity index (χ0v) is 9.83. The molecule has 3 N–H and O–H groups in total. The average Bonchev–Trinajstić information content (AvgIpc) is 2.66. The van der Waals surface area contributed by atoms with Gasteiger partial charge in [0.2, 0.25) is 0 Å². The predicted molar refractivity (Wildman–Crippen MR) is 65.4 cm³/mol. The third kappa shape index (κ3) is 2.62. The lowest BCUT2D eigenvalue weighted by Gasteiger charge is -1.99. The maximum absolute atomic E-state index is 5.92. The fourth-order valence-electron chi connectivity index (χ4n) is 1.57. The lowest BCUT2D eigenvalue weighted by atomic mass is 10.1. The van der Waals surface area contributed by atoms with Crippen molar-refractivity contribution in [1.82, 2.24) is 10.2 Å². The van der Waals surface area contributed by atoms with Crippen LogP contribution in [0.1, 0.15) is 29.9 Å². The molecule has 1 aromatic heterocycles. The summed E-state index contributed by atoms with van der Waals surface area (Å²) in [4.78, 5) is 0. The van der Waals surface area contributed by atoms with E-state index in [1.165, 1.54) is 0 Å². The Kier molecular flexibility index (Phi) is 3.27. The number of rotatable bonds is 3. The summed E-state index contributed by atoms with van der Waals surface area (Å²) in [5, 5.41) is 7.89. The summed E-state index contributed by atoms with van der Waals surface area (Å²) in [5.74, 6) is 0. The van der Waals surface area contributed by atoms with Crippen molar-refractivity contribution in [2.75, 3.05) is 0 Å². The highest BCUT2D eigenvalue weighted by Crippen LogP contribution is 2.15. The van der Waals surface area contributed by atoms with Crippen molar-refractivity contribution in [3.05, 3.63) is 52.3 Å². The van der Waals surface area contributed by atoms with Gasteiger partial charge in [0.05, 0.1) is 5.69 Å². The number of nitrogens with one attached hydrogen (secondary N) is 1. The molecule has 0 radical (unpaired) electrons. The van der Waals surface area contributed by atoms with E-state index < -0.39 is 0 Å². The van der Waals surface area contributed by atoms with Crippen molar-refractivity contribution in [1.29, 1.82) is 0 Å². The average molecular weight is 236 g/mol. The molecule has 0 aliphatic heterocycles. The quantitative estimate of drug-likeness (QED) is 0.860. The molecule has 0 aliphatic carbocycles. The molecule has 3 nitrogen and oxygen atoms in total. The summed E-state index contributed by atoms with van der Waals surface area (Å²) in [5.41, 5.74) is 8.84. The van der Waals surface area contributed by atoms with E-state index in [4.69, 9.17) is 17.3 Å². The highest BCUT2D eigenvalue weighted by atomic mass is 35.5. The molecule has 1 atom stereocenters. The number of hydrogen-bond donors (Lipinski definition) is 2. The largest absolute Gasteiger partial charge is 0.323 e. The zero-order chi connectivity index (χ0) is 11.5. The molecular weight excluding hydrogens is 222 g/mol. The zero-order valence-electron chi connectivity index (χ0n) is 9.07. The van der Waals surface area contributed by atoms with Crippen LogP contribution in [0, 0.1) is 0 Å². The minimum absolute atomic E-state index is 0.0376. The van der Waals surface area contributed by atoms with Crippen molar-refractivity contribution < 1.29 is 0 Å². The van der Waals surface area contributed by atoms with Gasteiger partial charge in [0.25, 0.3) is 0 Å². The number of benzene rings is 1. The Morgan fingerprint density at radius 3 is 2.88 bits per heavy atom. The Hall–Kier alpha value is -1.32. The van der Waals surface area contributed by atoms with Crippen molar-refractivity contribution in [3.63, 3.8) is 0 Å². The first-order valence-electron chi connectivity index (χ1n) is 5.19. The lowest BCUT2D eigenvalue weighted by Crippen LogP contribution is -2.04. The number of halogens is 1. The summed E-state index contributed by atoms with van der Waals surface area (Å²) in [6.45, 7) is 1.92. The van der Waals surface area contributed by atoms with E-state index in [0.717, 1.165) is 28.4 Å². The molecule has 0 saturated heterocycles. The smallest absolute Gasteiger partial charge is 0.0789 e. The molecule has 0 amide bonds. The Morgan fingerprint density at radius 2 is 2.25 bits per heavy atom. The molecule has 0 spiro atoms. The second-order valence-corrected chi connectivity index (χ2v) is 4.35. The maximum Gasteiger partial charge on any atom is 0.0789 e. The van der Waals surface area contributed by atoms with Crippen LogP contribution in [0.5, 0.6) is 0 Å². The van der Waals surface area contributed by atoms with Gasteiger partial charge in [-0.3, -0.25) is 5.10 Å². The van der Waals surface area contributed by atoms with E-state index >= 15 is 0 Å². The molecule has 0 saturated carbocycles. The summed E-state index contributed by atoms with van der Waals surface area (Å²) in [7, 11) is 0. The SMILES string of the molecule is CC(N)c1cc(Cc2cccc(Cl)c2)[nH]n1. The Labute approximate surface area is 99.6 Å². The fourth-order valence-corrected chi connectivity index (χ4v) is 1.78. The second kappa shape index (κ2) is 4.68. The molecule has 1 aromatic carbocycles. The van der Waals surface area contributed by atoms with Gasteiger partial charge in [-0.1, -0.05) is 23.7 Å². The van der Waals surface area contributed by atoms with Gasteiger partial charge in [0.1, 0.15) is 0 Å². The van der Waals surface area contributed by atoms with Crippen molar-refractivity contribution >= 4 is 11.6 Å². The summed E-state index contributed by atoms with van der Waals surface area (Å²) < 4.78 is 0. The number of nitrogens with zero attached hydrogens (tertiary/aromatic N) is 1. The molecule has 0 bridgehead atoms. The maximum atomic E-state index is 5.92. The molecule has 0 aliphatic rings. The summed E-state index contributed by atoms with van der Waals surface area (Å²) in [6.07, 6.45) is 0.792. The molecule has 2 rings (SSSR count). The van der Waals surface area contributed by atoms with E-state index in [0.29, 0.717) is 0 Å². The molecule has 16 heavy (non-hydrogen) atoms. The number of aromatic nitrogens is 2. The standard InChI is InChI=1S/C12H14ClN3/c1-8(14)12-7-11(15-16-12)6-9-3-2-4-10(13)5-9/h2-5,7-8H,6,14H2,1H3,(H,15,16). The van der Waals surface area contributed by atoms with Crippen LogP contribution in [0.4, 0.5) is 0 Å².